The lowest BCUT2D eigenvalue weighted by Gasteiger charge is -2.27. The molecule has 0 amide bonds. The van der Waals surface area contributed by atoms with Crippen LogP contribution < -0.4 is 10.6 Å². The molecule has 0 bridgehead atoms. The highest BCUT2D eigenvalue weighted by atomic mass is 32.2. The van der Waals surface area contributed by atoms with Crippen LogP contribution in [-0.2, 0) is 37.6 Å². The zero-order chi connectivity index (χ0) is 40.8. The summed E-state index contributed by atoms with van der Waals surface area (Å²) >= 11 is 0. The van der Waals surface area contributed by atoms with Crippen molar-refractivity contribution in [3.8, 4) is 0 Å². The Morgan fingerprint density at radius 2 is 1.33 bits per heavy atom. The third-order valence-electron chi connectivity index (χ3n) is 11.4. The van der Waals surface area contributed by atoms with Gasteiger partial charge in [0.05, 0.1) is 16.9 Å². The maximum absolute atomic E-state index is 11.8. The summed E-state index contributed by atoms with van der Waals surface area (Å²) in [5.41, 5.74) is 14.3. The smallest absolute Gasteiger partial charge is 0.265 e. The summed E-state index contributed by atoms with van der Waals surface area (Å²) in [5, 5.41) is 4.50. The molecule has 5 aromatic rings. The third kappa shape index (κ3) is 8.13. The van der Waals surface area contributed by atoms with Gasteiger partial charge in [-0.15, -0.1) is 0 Å². The number of nitrogens with zero attached hydrogens (tertiary/aromatic N) is 2. The van der Waals surface area contributed by atoms with E-state index in [1.54, 1.807) is 0 Å². The van der Waals surface area contributed by atoms with Gasteiger partial charge < -0.3 is 10.6 Å². The van der Waals surface area contributed by atoms with Gasteiger partial charge in [-0.05, 0) is 88.4 Å². The van der Waals surface area contributed by atoms with Gasteiger partial charge in [-0.25, -0.2) is 0 Å². The Balaban J connectivity index is 1.38. The van der Waals surface area contributed by atoms with Crippen LogP contribution in [0.4, 0.5) is 11.4 Å². The van der Waals surface area contributed by atoms with Crippen molar-refractivity contribution in [2.45, 2.75) is 57.9 Å². The molecule has 0 radical (unpaired) electrons. The van der Waals surface area contributed by atoms with E-state index in [1.165, 1.54) is 0 Å². The number of benzene rings is 5. The Labute approximate surface area is 336 Å². The molecular weight excluding hydrogens is 755 g/mol. The summed E-state index contributed by atoms with van der Waals surface area (Å²) < 4.78 is 68.6. The van der Waals surface area contributed by atoms with Crippen molar-refractivity contribution in [3.63, 3.8) is 0 Å². The van der Waals surface area contributed by atoms with Crippen molar-refractivity contribution in [2.24, 2.45) is 5.73 Å². The van der Waals surface area contributed by atoms with E-state index in [0.717, 1.165) is 72.2 Å². The molecule has 57 heavy (non-hydrogen) atoms. The number of hydrogen-bond donors (Lipinski definition) is 3. The lowest BCUT2D eigenvalue weighted by atomic mass is 9.79. The second-order valence-electron chi connectivity index (χ2n) is 16.0. The maximum Gasteiger partial charge on any atom is 0.265 e. The monoisotopic (exact) mass is 804 g/mol. The molecule has 0 aliphatic carbocycles. The molecule has 0 atom stereocenters. The Bertz CT molecular complexity index is 2730. The highest BCUT2D eigenvalue weighted by Gasteiger charge is 2.45. The van der Waals surface area contributed by atoms with Crippen molar-refractivity contribution < 1.29 is 30.5 Å². The molecule has 0 saturated heterocycles. The summed E-state index contributed by atoms with van der Waals surface area (Å²) in [5.74, 6) is -0.686. The van der Waals surface area contributed by atoms with E-state index in [-0.39, 0.29) is 24.3 Å². The SMILES string of the molecule is CC1(C)C(/C=C/C(=C/C=C2\N(CCCS(=O)(=O)O)c3ccc4ccccc4c3C2(C)C)c2ccc(CN)cc2)=[N+](CCCS(=O)(=O)O)c2ccc3ccccc3c21. The molecule has 0 spiro atoms. The van der Waals surface area contributed by atoms with Crippen LogP contribution in [0.3, 0.4) is 0 Å². The average molecular weight is 805 g/mol. The number of fused-ring (bicyclic) bond motifs is 6. The predicted octanol–water partition coefficient (Wildman–Crippen LogP) is 8.71. The summed E-state index contributed by atoms with van der Waals surface area (Å²) in [7, 11) is -8.28. The molecule has 0 fully saturated rings. The Morgan fingerprint density at radius 1 is 0.737 bits per heavy atom. The van der Waals surface area contributed by atoms with Gasteiger partial charge in [-0.3, -0.25) is 9.11 Å². The molecule has 4 N–H and O–H groups in total. The largest absolute Gasteiger partial charge is 0.344 e. The van der Waals surface area contributed by atoms with Gasteiger partial charge in [0.25, 0.3) is 20.2 Å². The minimum absolute atomic E-state index is 0.242. The fourth-order valence-corrected chi connectivity index (χ4v) is 9.77. The summed E-state index contributed by atoms with van der Waals surface area (Å²) in [6.07, 6.45) is 8.92. The van der Waals surface area contributed by atoms with Crippen LogP contribution in [0, 0.1) is 0 Å². The van der Waals surface area contributed by atoms with Gasteiger partial charge in [-0.2, -0.15) is 21.4 Å². The molecule has 2 aliphatic heterocycles. The zero-order valence-electron chi connectivity index (χ0n) is 32.8. The normalized spacial score (nSPS) is 17.4. The number of rotatable bonds is 13. The Morgan fingerprint density at radius 3 is 1.96 bits per heavy atom. The molecule has 0 aromatic heterocycles. The Kier molecular flexibility index (Phi) is 10.9. The fraction of sp³-hybridized carbons (Fsp3) is 0.283. The molecule has 0 saturated carbocycles. The Hall–Kier alpha value is -4.91. The van der Waals surface area contributed by atoms with E-state index in [1.807, 2.05) is 36.4 Å². The molecular formula is C46H50N3O6S2+. The van der Waals surface area contributed by atoms with Crippen LogP contribution in [0.5, 0.6) is 0 Å². The number of hydrogen-bond acceptors (Lipinski definition) is 6. The molecule has 11 heteroatoms. The first-order valence-electron chi connectivity index (χ1n) is 19.3. The highest BCUT2D eigenvalue weighted by Crippen LogP contribution is 2.51. The van der Waals surface area contributed by atoms with E-state index in [2.05, 4.69) is 122 Å². The summed E-state index contributed by atoms with van der Waals surface area (Å²) in [4.78, 5) is 2.18. The van der Waals surface area contributed by atoms with Crippen molar-refractivity contribution in [2.75, 3.05) is 29.5 Å². The van der Waals surface area contributed by atoms with Crippen LogP contribution in [-0.4, -0.2) is 60.8 Å². The zero-order valence-corrected chi connectivity index (χ0v) is 34.4. The summed E-state index contributed by atoms with van der Waals surface area (Å²) in [6, 6.07) is 33.1. The lowest BCUT2D eigenvalue weighted by Crippen LogP contribution is -2.28. The van der Waals surface area contributed by atoms with Crippen LogP contribution in [0.25, 0.3) is 27.1 Å². The lowest BCUT2D eigenvalue weighted by molar-refractivity contribution is -0.437. The minimum atomic E-state index is -4.14. The molecule has 9 nitrogen and oxygen atoms in total. The maximum atomic E-state index is 11.8. The first-order valence-corrected chi connectivity index (χ1v) is 22.5. The quantitative estimate of drug-likeness (QED) is 0.0610. The van der Waals surface area contributed by atoms with E-state index in [4.69, 9.17) is 5.73 Å². The summed E-state index contributed by atoms with van der Waals surface area (Å²) in [6.45, 7) is 9.95. The van der Waals surface area contributed by atoms with E-state index >= 15 is 0 Å². The molecule has 2 heterocycles. The van der Waals surface area contributed by atoms with Gasteiger partial charge in [0.1, 0.15) is 6.54 Å². The average Bonchev–Trinajstić information content (AvgIpc) is 3.52. The van der Waals surface area contributed by atoms with Gasteiger partial charge in [0.15, 0.2) is 5.71 Å². The van der Waals surface area contributed by atoms with Gasteiger partial charge in [0, 0.05) is 54.0 Å². The van der Waals surface area contributed by atoms with Crippen molar-refractivity contribution in [1.82, 2.24) is 0 Å². The number of nitrogens with two attached hydrogens (primary N) is 1. The third-order valence-corrected chi connectivity index (χ3v) is 13.0. The molecule has 5 aromatic carbocycles. The van der Waals surface area contributed by atoms with Crippen LogP contribution >= 0.6 is 0 Å². The second-order valence-corrected chi connectivity index (χ2v) is 19.1. The minimum Gasteiger partial charge on any atom is -0.344 e. The van der Waals surface area contributed by atoms with Crippen LogP contribution in [0.15, 0.2) is 127 Å². The first kappa shape index (κ1) is 40.3. The second kappa shape index (κ2) is 15.4. The number of anilines is 1. The van der Waals surface area contributed by atoms with Gasteiger partial charge in [0.2, 0.25) is 5.69 Å². The first-order chi connectivity index (χ1) is 27.0. The van der Waals surface area contributed by atoms with Gasteiger partial charge >= 0.3 is 0 Å². The fourth-order valence-electron chi connectivity index (χ4n) is 8.78. The van der Waals surface area contributed by atoms with Crippen LogP contribution in [0.1, 0.15) is 62.8 Å². The predicted molar refractivity (Wildman–Crippen MR) is 233 cm³/mol. The van der Waals surface area contributed by atoms with E-state index in [0.29, 0.717) is 19.6 Å². The van der Waals surface area contributed by atoms with Crippen molar-refractivity contribution in [1.29, 1.82) is 0 Å². The van der Waals surface area contributed by atoms with Crippen molar-refractivity contribution >= 4 is 64.4 Å². The van der Waals surface area contributed by atoms with Crippen molar-refractivity contribution in [3.05, 3.63) is 149 Å². The molecule has 7 rings (SSSR count). The van der Waals surface area contributed by atoms with Crippen LogP contribution in [0.2, 0.25) is 0 Å². The molecule has 0 unspecified atom stereocenters. The molecule has 2 aliphatic rings. The standard InChI is InChI=1S/C46H49N3O6S2/c1-45(2)41(48(27-9-29-56(50,51)52)39-23-19-35-11-5-7-13-37(35)43(39)45)25-21-34(33-17-15-32(31-47)16-18-33)22-26-42-46(3,4)44-38-14-8-6-12-36(38)20-24-40(44)49(42)28-10-30-57(53,54)55/h5-8,11-26H,9-10,27-31,47H2,1-4H3,(H-,50,51,52,53,54,55)/p+1. The van der Waals surface area contributed by atoms with E-state index in [9.17, 15) is 25.9 Å². The highest BCUT2D eigenvalue weighted by molar-refractivity contribution is 7.86. The molecule has 296 valence electrons. The van der Waals surface area contributed by atoms with E-state index < -0.39 is 31.1 Å². The number of allylic oxidation sites excluding steroid dienone is 6. The topological polar surface area (TPSA) is 141 Å². The van der Waals surface area contributed by atoms with Gasteiger partial charge in [-0.1, -0.05) is 98.8 Å².